The number of hydrogen-bond acceptors (Lipinski definition) is 4. The van der Waals surface area contributed by atoms with Gasteiger partial charge >= 0.3 is 5.97 Å². The van der Waals surface area contributed by atoms with Crippen molar-refractivity contribution in [2.45, 2.75) is 33.3 Å². The third-order valence-corrected chi connectivity index (χ3v) is 4.36. The van der Waals surface area contributed by atoms with Crippen molar-refractivity contribution in [3.8, 4) is 0 Å². The molecule has 3 aromatic rings. The number of para-hydroxylation sites is 1. The number of nitrogens with zero attached hydrogens (tertiary/aromatic N) is 1. The number of carbonyl (C=O) groups excluding carboxylic acids is 2. The second-order valence-corrected chi connectivity index (χ2v) is 6.29. The second-order valence-electron chi connectivity index (χ2n) is 6.29. The summed E-state index contributed by atoms with van der Waals surface area (Å²) < 4.78 is 5.46. The summed E-state index contributed by atoms with van der Waals surface area (Å²) in [5, 5.41) is 0.718. The number of benzene rings is 2. The molecule has 0 radical (unpaired) electrons. The zero-order valence-corrected chi connectivity index (χ0v) is 15.2. The van der Waals surface area contributed by atoms with E-state index in [2.05, 4.69) is 11.9 Å². The molecular formula is C22H21NO3. The smallest absolute Gasteiger partial charge is 0.339 e. The minimum Gasteiger partial charge on any atom is -0.451 e. The van der Waals surface area contributed by atoms with Gasteiger partial charge in [0.05, 0.1) is 11.1 Å². The minimum atomic E-state index is -0.859. The van der Waals surface area contributed by atoms with Gasteiger partial charge in [0.25, 0.3) is 0 Å². The standard InChI is InChI=1S/C22H21NO3/c1-4-16-9-11-17(12-10-16)21(24)15(3)26-22(25)19-13-14(2)23-20-8-6-5-7-18(19)20/h5-13,15H,4H2,1-3H3. The monoisotopic (exact) mass is 347 g/mol. The van der Waals surface area contributed by atoms with Crippen molar-refractivity contribution in [3.05, 3.63) is 77.0 Å². The van der Waals surface area contributed by atoms with E-state index in [1.807, 2.05) is 43.3 Å². The maximum Gasteiger partial charge on any atom is 0.339 e. The maximum absolute atomic E-state index is 12.7. The van der Waals surface area contributed by atoms with Crippen LogP contribution in [0.25, 0.3) is 10.9 Å². The van der Waals surface area contributed by atoms with Gasteiger partial charge in [-0.2, -0.15) is 0 Å². The molecule has 0 N–H and O–H groups in total. The first-order valence-corrected chi connectivity index (χ1v) is 8.70. The van der Waals surface area contributed by atoms with E-state index < -0.39 is 12.1 Å². The molecule has 3 rings (SSSR count). The molecule has 0 fully saturated rings. The van der Waals surface area contributed by atoms with Crippen LogP contribution in [0.2, 0.25) is 0 Å². The van der Waals surface area contributed by atoms with Crippen molar-refractivity contribution >= 4 is 22.7 Å². The Morgan fingerprint density at radius 2 is 1.77 bits per heavy atom. The highest BCUT2D eigenvalue weighted by atomic mass is 16.5. The number of fused-ring (bicyclic) bond motifs is 1. The maximum atomic E-state index is 12.7. The SMILES string of the molecule is CCc1ccc(C(=O)C(C)OC(=O)c2cc(C)nc3ccccc23)cc1. The van der Waals surface area contributed by atoms with Crippen LogP contribution in [0.3, 0.4) is 0 Å². The molecule has 1 atom stereocenters. The average molecular weight is 347 g/mol. The lowest BCUT2D eigenvalue weighted by Crippen LogP contribution is -2.24. The number of ketones is 1. The summed E-state index contributed by atoms with van der Waals surface area (Å²) in [6.07, 6.45) is 0.0511. The van der Waals surface area contributed by atoms with E-state index in [0.29, 0.717) is 11.1 Å². The van der Waals surface area contributed by atoms with Gasteiger partial charge in [-0.05, 0) is 38.0 Å². The number of hydrogen-bond donors (Lipinski definition) is 0. The van der Waals surface area contributed by atoms with Crippen LogP contribution < -0.4 is 0 Å². The molecular weight excluding hydrogens is 326 g/mol. The first-order chi connectivity index (χ1) is 12.5. The number of rotatable bonds is 5. The van der Waals surface area contributed by atoms with Gasteiger partial charge in [0.2, 0.25) is 5.78 Å². The number of ether oxygens (including phenoxy) is 1. The molecule has 0 saturated carbocycles. The number of aromatic nitrogens is 1. The Hall–Kier alpha value is -3.01. The molecule has 0 aliphatic heterocycles. The minimum absolute atomic E-state index is 0.212. The van der Waals surface area contributed by atoms with E-state index in [0.717, 1.165) is 28.6 Å². The van der Waals surface area contributed by atoms with Crippen LogP contribution in [0.4, 0.5) is 0 Å². The molecule has 26 heavy (non-hydrogen) atoms. The topological polar surface area (TPSA) is 56.3 Å². The van der Waals surface area contributed by atoms with Gasteiger partial charge in [-0.15, -0.1) is 0 Å². The fraction of sp³-hybridized carbons (Fsp3) is 0.227. The number of Topliss-reactive ketones (excluding diaryl/α,β-unsaturated/α-hetero) is 1. The van der Waals surface area contributed by atoms with E-state index in [9.17, 15) is 9.59 Å². The fourth-order valence-electron chi connectivity index (χ4n) is 2.89. The van der Waals surface area contributed by atoms with Gasteiger partial charge in [-0.3, -0.25) is 9.78 Å². The lowest BCUT2D eigenvalue weighted by Gasteiger charge is -2.14. The Morgan fingerprint density at radius 3 is 2.46 bits per heavy atom. The molecule has 2 aromatic carbocycles. The molecule has 0 aliphatic rings. The Balaban J connectivity index is 1.82. The molecule has 0 amide bonds. The molecule has 132 valence electrons. The summed E-state index contributed by atoms with van der Waals surface area (Å²) in [5.41, 5.74) is 3.58. The van der Waals surface area contributed by atoms with Crippen molar-refractivity contribution in [1.29, 1.82) is 0 Å². The van der Waals surface area contributed by atoms with Crippen molar-refractivity contribution in [2.24, 2.45) is 0 Å². The molecule has 0 aliphatic carbocycles. The number of carbonyl (C=O) groups is 2. The van der Waals surface area contributed by atoms with Crippen LogP contribution in [0.5, 0.6) is 0 Å². The van der Waals surface area contributed by atoms with E-state index in [4.69, 9.17) is 4.74 Å². The first kappa shape index (κ1) is 17.8. The van der Waals surface area contributed by atoms with Crippen LogP contribution in [0.15, 0.2) is 54.6 Å². The highest BCUT2D eigenvalue weighted by Crippen LogP contribution is 2.20. The van der Waals surface area contributed by atoms with Crippen LogP contribution in [-0.4, -0.2) is 22.8 Å². The summed E-state index contributed by atoms with van der Waals surface area (Å²) in [6.45, 7) is 5.49. The van der Waals surface area contributed by atoms with Gasteiger partial charge in [-0.1, -0.05) is 49.4 Å². The van der Waals surface area contributed by atoms with Crippen LogP contribution >= 0.6 is 0 Å². The molecule has 0 bridgehead atoms. The largest absolute Gasteiger partial charge is 0.451 e. The number of esters is 1. The van der Waals surface area contributed by atoms with E-state index in [-0.39, 0.29) is 5.78 Å². The van der Waals surface area contributed by atoms with Crippen molar-refractivity contribution in [3.63, 3.8) is 0 Å². The number of aryl methyl sites for hydroxylation is 2. The van der Waals surface area contributed by atoms with Crippen molar-refractivity contribution in [2.75, 3.05) is 0 Å². The number of pyridine rings is 1. The predicted molar refractivity (Wildman–Crippen MR) is 102 cm³/mol. The summed E-state index contributed by atoms with van der Waals surface area (Å²) in [5.74, 6) is -0.728. The zero-order valence-electron chi connectivity index (χ0n) is 15.2. The summed E-state index contributed by atoms with van der Waals surface area (Å²) >= 11 is 0. The van der Waals surface area contributed by atoms with Crippen LogP contribution in [-0.2, 0) is 11.2 Å². The van der Waals surface area contributed by atoms with Gasteiger partial charge in [0, 0.05) is 16.6 Å². The highest BCUT2D eigenvalue weighted by molar-refractivity contribution is 6.06. The first-order valence-electron chi connectivity index (χ1n) is 8.70. The quantitative estimate of drug-likeness (QED) is 0.502. The predicted octanol–water partition coefficient (Wildman–Crippen LogP) is 4.53. The van der Waals surface area contributed by atoms with Gasteiger partial charge in [-0.25, -0.2) is 4.79 Å². The molecule has 1 aromatic heterocycles. The fourth-order valence-corrected chi connectivity index (χ4v) is 2.89. The zero-order chi connectivity index (χ0) is 18.7. The third kappa shape index (κ3) is 3.64. The summed E-state index contributed by atoms with van der Waals surface area (Å²) in [6, 6.07) is 16.5. The van der Waals surface area contributed by atoms with Gasteiger partial charge in [0.1, 0.15) is 0 Å². The molecule has 0 spiro atoms. The lowest BCUT2D eigenvalue weighted by atomic mass is 10.0. The summed E-state index contributed by atoms with van der Waals surface area (Å²) in [7, 11) is 0. The molecule has 4 nitrogen and oxygen atoms in total. The van der Waals surface area contributed by atoms with Crippen molar-refractivity contribution in [1.82, 2.24) is 4.98 Å². The Labute approximate surface area is 152 Å². The van der Waals surface area contributed by atoms with Crippen LogP contribution in [0.1, 0.15) is 45.8 Å². The molecule has 1 heterocycles. The van der Waals surface area contributed by atoms with E-state index >= 15 is 0 Å². The van der Waals surface area contributed by atoms with Crippen LogP contribution in [0, 0.1) is 6.92 Å². The van der Waals surface area contributed by atoms with Gasteiger partial charge in [0.15, 0.2) is 6.10 Å². The molecule has 0 saturated heterocycles. The molecule has 4 heteroatoms. The Kier molecular flexibility index (Phi) is 5.12. The second kappa shape index (κ2) is 7.48. The van der Waals surface area contributed by atoms with E-state index in [1.165, 1.54) is 0 Å². The highest BCUT2D eigenvalue weighted by Gasteiger charge is 2.22. The average Bonchev–Trinajstić information content (AvgIpc) is 2.66. The molecule has 1 unspecified atom stereocenters. The van der Waals surface area contributed by atoms with Crippen molar-refractivity contribution < 1.29 is 14.3 Å². The van der Waals surface area contributed by atoms with Gasteiger partial charge < -0.3 is 4.74 Å². The van der Waals surface area contributed by atoms with E-state index in [1.54, 1.807) is 25.1 Å². The lowest BCUT2D eigenvalue weighted by molar-refractivity contribution is 0.0320. The summed E-state index contributed by atoms with van der Waals surface area (Å²) in [4.78, 5) is 29.6. The Morgan fingerprint density at radius 1 is 1.08 bits per heavy atom. The third-order valence-electron chi connectivity index (χ3n) is 4.36. The Bertz CT molecular complexity index is 961. The normalized spacial score (nSPS) is 12.0.